The third-order valence-electron chi connectivity index (χ3n) is 4.33. The smallest absolute Gasteiger partial charge is 0.271 e. The molecule has 0 aliphatic carbocycles. The van der Waals surface area contributed by atoms with E-state index in [1.54, 1.807) is 6.07 Å². The Balaban J connectivity index is 1.72. The lowest BCUT2D eigenvalue weighted by Crippen LogP contribution is -2.22. The largest absolute Gasteiger partial charge is 0.363 e. The van der Waals surface area contributed by atoms with Crippen molar-refractivity contribution in [1.82, 2.24) is 15.0 Å². The van der Waals surface area contributed by atoms with Gasteiger partial charge in [-0.1, -0.05) is 53.7 Å². The third kappa shape index (κ3) is 3.62. The molecule has 0 saturated heterocycles. The molecule has 0 unspecified atom stereocenters. The van der Waals surface area contributed by atoms with Crippen molar-refractivity contribution in [3.63, 3.8) is 0 Å². The minimum Gasteiger partial charge on any atom is -0.363 e. The highest BCUT2D eigenvalue weighted by molar-refractivity contribution is 5.74. The molecule has 0 fully saturated rings. The summed E-state index contributed by atoms with van der Waals surface area (Å²) in [5.74, 6) is 0. The molecule has 0 spiro atoms. The monoisotopic (exact) mass is 359 g/mol. The number of fused-ring (bicyclic) bond motifs is 1. The van der Waals surface area contributed by atoms with Crippen LogP contribution in [0.3, 0.4) is 0 Å². The highest BCUT2D eigenvalue weighted by Crippen LogP contribution is 2.24. The lowest BCUT2D eigenvalue weighted by atomic mass is 10.1. The van der Waals surface area contributed by atoms with Crippen LogP contribution in [0.5, 0.6) is 0 Å². The van der Waals surface area contributed by atoms with Gasteiger partial charge in [-0.25, -0.2) is 4.68 Å². The molecule has 27 heavy (non-hydrogen) atoms. The van der Waals surface area contributed by atoms with Gasteiger partial charge in [0.2, 0.25) is 0 Å². The summed E-state index contributed by atoms with van der Waals surface area (Å²) in [6, 6.07) is 24.2. The quantitative estimate of drug-likeness (QED) is 0.412. The number of anilines is 1. The van der Waals surface area contributed by atoms with Gasteiger partial charge in [0.15, 0.2) is 0 Å². The molecule has 1 atom stereocenters. The number of nitro groups is 1. The number of hydrogen-bond donors (Lipinski definition) is 1. The zero-order valence-electron chi connectivity index (χ0n) is 14.4. The second kappa shape index (κ2) is 7.25. The van der Waals surface area contributed by atoms with Crippen LogP contribution in [0.4, 0.5) is 11.4 Å². The van der Waals surface area contributed by atoms with Gasteiger partial charge >= 0.3 is 0 Å². The molecule has 4 rings (SSSR count). The van der Waals surface area contributed by atoms with Crippen molar-refractivity contribution in [2.24, 2.45) is 0 Å². The lowest BCUT2D eigenvalue weighted by Gasteiger charge is -2.21. The molecule has 7 nitrogen and oxygen atoms in total. The summed E-state index contributed by atoms with van der Waals surface area (Å²) in [7, 11) is 0. The van der Waals surface area contributed by atoms with Crippen LogP contribution >= 0.6 is 0 Å². The number of non-ortho nitro benzene ring substituents is 1. The van der Waals surface area contributed by atoms with Crippen LogP contribution in [0.15, 0.2) is 78.9 Å². The van der Waals surface area contributed by atoms with Crippen LogP contribution in [0.1, 0.15) is 11.7 Å². The SMILES string of the molecule is O=[N+]([O-])c1cccc(N[C@H](Cc2ccccc2)n2nnc3ccccc32)c1. The van der Waals surface area contributed by atoms with E-state index in [0.29, 0.717) is 12.1 Å². The molecule has 0 aliphatic rings. The number of aromatic nitrogens is 3. The first-order valence-electron chi connectivity index (χ1n) is 8.55. The second-order valence-corrected chi connectivity index (χ2v) is 6.18. The van der Waals surface area contributed by atoms with E-state index in [1.807, 2.05) is 65.3 Å². The van der Waals surface area contributed by atoms with Gasteiger partial charge in [-0.05, 0) is 23.8 Å². The first kappa shape index (κ1) is 16.7. The molecule has 0 aliphatic heterocycles. The number of para-hydroxylation sites is 1. The van der Waals surface area contributed by atoms with Crippen LogP contribution in [0.2, 0.25) is 0 Å². The zero-order chi connectivity index (χ0) is 18.6. The first-order valence-corrected chi connectivity index (χ1v) is 8.55. The summed E-state index contributed by atoms with van der Waals surface area (Å²) in [5, 5.41) is 23.0. The maximum atomic E-state index is 11.1. The van der Waals surface area contributed by atoms with Crippen LogP contribution in [-0.2, 0) is 6.42 Å². The van der Waals surface area contributed by atoms with Crippen LogP contribution in [0.25, 0.3) is 11.0 Å². The van der Waals surface area contributed by atoms with Gasteiger partial charge in [0.25, 0.3) is 5.69 Å². The van der Waals surface area contributed by atoms with E-state index in [0.717, 1.165) is 16.6 Å². The Bertz CT molecular complexity index is 1080. The van der Waals surface area contributed by atoms with Crippen LogP contribution < -0.4 is 5.32 Å². The zero-order valence-corrected chi connectivity index (χ0v) is 14.4. The van der Waals surface area contributed by atoms with Gasteiger partial charge in [-0.2, -0.15) is 0 Å². The number of rotatable bonds is 6. The van der Waals surface area contributed by atoms with Crippen molar-refractivity contribution in [2.75, 3.05) is 5.32 Å². The average Bonchev–Trinajstić information content (AvgIpc) is 3.13. The van der Waals surface area contributed by atoms with Crippen LogP contribution in [0, 0.1) is 10.1 Å². The van der Waals surface area contributed by atoms with Crippen molar-refractivity contribution in [3.05, 3.63) is 94.5 Å². The Morgan fingerprint density at radius 3 is 2.59 bits per heavy atom. The van der Waals surface area contributed by atoms with Gasteiger partial charge < -0.3 is 5.32 Å². The van der Waals surface area contributed by atoms with Crippen molar-refractivity contribution in [3.8, 4) is 0 Å². The molecular weight excluding hydrogens is 342 g/mol. The van der Waals surface area contributed by atoms with Crippen molar-refractivity contribution in [2.45, 2.75) is 12.6 Å². The Hall–Kier alpha value is -3.74. The van der Waals surface area contributed by atoms with Gasteiger partial charge in [-0.15, -0.1) is 5.10 Å². The lowest BCUT2D eigenvalue weighted by molar-refractivity contribution is -0.384. The second-order valence-electron chi connectivity index (χ2n) is 6.18. The highest BCUT2D eigenvalue weighted by Gasteiger charge is 2.17. The summed E-state index contributed by atoms with van der Waals surface area (Å²) < 4.78 is 1.82. The van der Waals surface area contributed by atoms with E-state index < -0.39 is 4.92 Å². The molecule has 3 aromatic carbocycles. The Morgan fingerprint density at radius 2 is 1.78 bits per heavy atom. The van der Waals surface area contributed by atoms with Gasteiger partial charge in [0, 0.05) is 24.2 Å². The topological polar surface area (TPSA) is 85.9 Å². The third-order valence-corrected chi connectivity index (χ3v) is 4.33. The summed E-state index contributed by atoms with van der Waals surface area (Å²) in [4.78, 5) is 10.7. The van der Waals surface area contributed by atoms with Gasteiger partial charge in [0.05, 0.1) is 10.4 Å². The summed E-state index contributed by atoms with van der Waals surface area (Å²) in [6.07, 6.45) is 0.401. The summed E-state index contributed by atoms with van der Waals surface area (Å²) in [5.41, 5.74) is 3.53. The molecule has 0 amide bonds. The predicted octanol–water partition coefficient (Wildman–Crippen LogP) is 4.19. The standard InChI is InChI=1S/C20H17N5O2/c26-25(27)17-10-6-9-16(14-17)21-20(13-15-7-2-1-3-8-15)24-19-12-5-4-11-18(19)22-23-24/h1-12,14,20-21H,13H2/t20-/m0/s1. The van der Waals surface area contributed by atoms with E-state index in [4.69, 9.17) is 0 Å². The predicted molar refractivity (Wildman–Crippen MR) is 103 cm³/mol. The Morgan fingerprint density at radius 1 is 1.00 bits per heavy atom. The molecule has 0 radical (unpaired) electrons. The normalized spacial score (nSPS) is 12.0. The maximum absolute atomic E-state index is 11.1. The summed E-state index contributed by atoms with van der Waals surface area (Å²) >= 11 is 0. The molecule has 1 heterocycles. The van der Waals surface area contributed by atoms with Gasteiger partial charge in [0.1, 0.15) is 11.7 Å². The molecule has 1 N–H and O–H groups in total. The molecule has 134 valence electrons. The maximum Gasteiger partial charge on any atom is 0.271 e. The average molecular weight is 359 g/mol. The highest BCUT2D eigenvalue weighted by atomic mass is 16.6. The molecular formula is C20H17N5O2. The molecule has 4 aromatic rings. The number of nitrogens with one attached hydrogen (secondary N) is 1. The van der Waals surface area contributed by atoms with E-state index in [-0.39, 0.29) is 11.9 Å². The fraction of sp³-hybridized carbons (Fsp3) is 0.100. The molecule has 7 heteroatoms. The minimum absolute atomic E-state index is 0.0434. The number of nitro benzene ring substituents is 1. The van der Waals surface area contributed by atoms with Crippen molar-refractivity contribution in [1.29, 1.82) is 0 Å². The van der Waals surface area contributed by atoms with E-state index in [2.05, 4.69) is 15.6 Å². The van der Waals surface area contributed by atoms with Gasteiger partial charge in [-0.3, -0.25) is 10.1 Å². The number of nitrogens with zero attached hydrogens (tertiary/aromatic N) is 4. The fourth-order valence-electron chi connectivity index (χ4n) is 3.05. The Kier molecular flexibility index (Phi) is 4.49. The number of hydrogen-bond acceptors (Lipinski definition) is 5. The molecule has 0 saturated carbocycles. The first-order chi connectivity index (χ1) is 13.2. The minimum atomic E-state index is -0.401. The fourth-order valence-corrected chi connectivity index (χ4v) is 3.05. The number of benzene rings is 3. The summed E-state index contributed by atoms with van der Waals surface area (Å²) in [6.45, 7) is 0. The van der Waals surface area contributed by atoms with E-state index in [9.17, 15) is 10.1 Å². The molecule has 0 bridgehead atoms. The van der Waals surface area contributed by atoms with Crippen molar-refractivity contribution < 1.29 is 4.92 Å². The van der Waals surface area contributed by atoms with E-state index >= 15 is 0 Å². The van der Waals surface area contributed by atoms with Crippen LogP contribution in [-0.4, -0.2) is 19.9 Å². The Labute approximate surface area is 155 Å². The van der Waals surface area contributed by atoms with E-state index in [1.165, 1.54) is 12.1 Å². The molecule has 1 aromatic heterocycles. The van der Waals surface area contributed by atoms with Crippen molar-refractivity contribution >= 4 is 22.4 Å².